The predicted octanol–water partition coefficient (Wildman–Crippen LogP) is 4.28. The first-order valence-corrected chi connectivity index (χ1v) is 10.4. The number of nitrogens with zero attached hydrogens (tertiary/aromatic N) is 3. The molecule has 0 radical (unpaired) electrons. The van der Waals surface area contributed by atoms with E-state index in [9.17, 15) is 9.59 Å². The van der Waals surface area contributed by atoms with Crippen LogP contribution in [-0.2, 0) is 17.9 Å². The van der Waals surface area contributed by atoms with Gasteiger partial charge < -0.3 is 5.32 Å². The molecule has 1 N–H and O–H groups in total. The lowest BCUT2D eigenvalue weighted by Crippen LogP contribution is -2.36. The van der Waals surface area contributed by atoms with E-state index in [1.165, 1.54) is 0 Å². The first-order chi connectivity index (χ1) is 14.5. The molecule has 4 rings (SSSR count). The quantitative estimate of drug-likeness (QED) is 0.644. The van der Waals surface area contributed by atoms with Gasteiger partial charge in [0.15, 0.2) is 0 Å². The summed E-state index contributed by atoms with van der Waals surface area (Å²) in [4.78, 5) is 26.5. The maximum absolute atomic E-state index is 12.7. The average Bonchev–Trinajstić information content (AvgIpc) is 3.19. The fourth-order valence-electron chi connectivity index (χ4n) is 3.50. The molecule has 1 aliphatic heterocycles. The molecule has 6 nitrogen and oxygen atoms in total. The first kappa shape index (κ1) is 20.2. The second-order valence-electron chi connectivity index (χ2n) is 7.30. The number of carbonyl (C=O) groups is 2. The van der Waals surface area contributed by atoms with Crippen LogP contribution in [0.4, 0.5) is 5.82 Å². The number of aromatic nitrogens is 2. The van der Waals surface area contributed by atoms with Crippen LogP contribution in [0.25, 0.3) is 11.3 Å². The van der Waals surface area contributed by atoms with Crippen molar-refractivity contribution < 1.29 is 9.59 Å². The van der Waals surface area contributed by atoms with Gasteiger partial charge in [-0.15, -0.1) is 0 Å². The molecular formula is C23H23ClN4O2. The Balaban J connectivity index is 1.55. The van der Waals surface area contributed by atoms with Crippen LogP contribution >= 0.6 is 11.6 Å². The Morgan fingerprint density at radius 2 is 1.97 bits per heavy atom. The highest BCUT2D eigenvalue weighted by Crippen LogP contribution is 2.30. The van der Waals surface area contributed by atoms with Crippen molar-refractivity contribution in [2.75, 3.05) is 11.4 Å². The third-order valence-electron chi connectivity index (χ3n) is 5.09. The highest BCUT2D eigenvalue weighted by atomic mass is 35.5. The van der Waals surface area contributed by atoms with E-state index in [-0.39, 0.29) is 11.8 Å². The van der Waals surface area contributed by atoms with Crippen molar-refractivity contribution in [2.24, 2.45) is 0 Å². The van der Waals surface area contributed by atoms with Gasteiger partial charge in [0.05, 0.1) is 18.8 Å². The maximum Gasteiger partial charge on any atom is 0.251 e. The molecule has 0 fully saturated rings. The summed E-state index contributed by atoms with van der Waals surface area (Å²) >= 11 is 6.12. The van der Waals surface area contributed by atoms with E-state index in [1.807, 2.05) is 54.1 Å². The van der Waals surface area contributed by atoms with Gasteiger partial charge in [0.1, 0.15) is 5.82 Å². The summed E-state index contributed by atoms with van der Waals surface area (Å²) in [6.45, 7) is 3.65. The summed E-state index contributed by atoms with van der Waals surface area (Å²) in [5, 5.41) is 8.18. The van der Waals surface area contributed by atoms with Crippen LogP contribution < -0.4 is 10.2 Å². The van der Waals surface area contributed by atoms with Gasteiger partial charge in [0.2, 0.25) is 5.91 Å². The van der Waals surface area contributed by atoms with Crippen molar-refractivity contribution in [2.45, 2.75) is 32.9 Å². The number of aryl methyl sites for hydroxylation is 1. The van der Waals surface area contributed by atoms with Crippen LogP contribution in [0.1, 0.15) is 35.7 Å². The molecule has 3 aromatic rings. The lowest BCUT2D eigenvalue weighted by Gasteiger charge is -2.27. The summed E-state index contributed by atoms with van der Waals surface area (Å²) < 4.78 is 1.87. The predicted molar refractivity (Wildman–Crippen MR) is 118 cm³/mol. The van der Waals surface area contributed by atoms with Gasteiger partial charge in [0, 0.05) is 35.2 Å². The molecule has 0 aliphatic carbocycles. The minimum absolute atomic E-state index is 0.0600. The summed E-state index contributed by atoms with van der Waals surface area (Å²) in [6, 6.07) is 16.8. The molecule has 2 heterocycles. The van der Waals surface area contributed by atoms with Crippen LogP contribution in [0, 0.1) is 0 Å². The maximum atomic E-state index is 12.7. The molecule has 2 amide bonds. The van der Waals surface area contributed by atoms with Crippen molar-refractivity contribution >= 4 is 29.2 Å². The number of benzene rings is 2. The Morgan fingerprint density at radius 3 is 2.70 bits per heavy atom. The lowest BCUT2D eigenvalue weighted by atomic mass is 10.1. The number of hydrogen-bond acceptors (Lipinski definition) is 3. The minimum atomic E-state index is -0.0818. The van der Waals surface area contributed by atoms with Crippen molar-refractivity contribution in [3.8, 4) is 11.3 Å². The smallest absolute Gasteiger partial charge is 0.251 e. The van der Waals surface area contributed by atoms with Crippen LogP contribution in [0.2, 0.25) is 5.02 Å². The fraction of sp³-hybridized carbons (Fsp3) is 0.261. The highest BCUT2D eigenvalue weighted by molar-refractivity contribution is 6.30. The van der Waals surface area contributed by atoms with Gasteiger partial charge >= 0.3 is 0 Å². The summed E-state index contributed by atoms with van der Waals surface area (Å²) in [5.41, 5.74) is 3.27. The minimum Gasteiger partial charge on any atom is -0.352 e. The van der Waals surface area contributed by atoms with Gasteiger partial charge in [-0.25, -0.2) is 4.68 Å². The van der Waals surface area contributed by atoms with E-state index >= 15 is 0 Å². The molecule has 0 atom stereocenters. The summed E-state index contributed by atoms with van der Waals surface area (Å²) in [7, 11) is 0. The Morgan fingerprint density at radius 1 is 1.17 bits per heavy atom. The topological polar surface area (TPSA) is 67.2 Å². The van der Waals surface area contributed by atoms with Gasteiger partial charge in [-0.3, -0.25) is 14.5 Å². The largest absolute Gasteiger partial charge is 0.352 e. The molecule has 30 heavy (non-hydrogen) atoms. The number of amides is 2. The van der Waals surface area contributed by atoms with Crippen LogP contribution in [-0.4, -0.2) is 28.1 Å². The number of fused-ring (bicyclic) bond motifs is 1. The molecular weight excluding hydrogens is 400 g/mol. The molecule has 0 unspecified atom stereocenters. The highest BCUT2D eigenvalue weighted by Gasteiger charge is 2.26. The van der Waals surface area contributed by atoms with Crippen molar-refractivity contribution in [3.05, 3.63) is 70.7 Å². The second-order valence-corrected chi connectivity index (χ2v) is 7.74. The van der Waals surface area contributed by atoms with E-state index in [0.717, 1.165) is 29.1 Å². The standard InChI is InChI=1S/C23H23ClN4O2/c1-2-11-25-23(30)17-8-6-16(7-9-17)15-27-21-14-20(18-4-3-5-19(24)13-18)26-28(21)12-10-22(27)29/h3-9,13-14H,2,10-12,15H2,1H3,(H,25,30). The molecule has 154 valence electrons. The molecule has 1 aliphatic rings. The number of hydrogen-bond donors (Lipinski definition) is 1. The Bertz CT molecular complexity index is 1080. The first-order valence-electron chi connectivity index (χ1n) is 10.1. The molecule has 1 aromatic heterocycles. The van der Waals surface area contributed by atoms with Gasteiger partial charge in [-0.2, -0.15) is 5.10 Å². The van der Waals surface area contributed by atoms with E-state index < -0.39 is 0 Å². The molecule has 0 saturated heterocycles. The number of carbonyl (C=O) groups excluding carboxylic acids is 2. The number of nitrogens with one attached hydrogen (secondary N) is 1. The summed E-state index contributed by atoms with van der Waals surface area (Å²) in [6.07, 6.45) is 1.30. The van der Waals surface area contributed by atoms with Crippen molar-refractivity contribution in [3.63, 3.8) is 0 Å². The third-order valence-corrected chi connectivity index (χ3v) is 5.32. The zero-order valence-electron chi connectivity index (χ0n) is 16.8. The van der Waals surface area contributed by atoms with Gasteiger partial charge in [-0.05, 0) is 36.2 Å². The van der Waals surface area contributed by atoms with Crippen LogP contribution in [0.5, 0.6) is 0 Å². The molecule has 7 heteroatoms. The molecule has 0 spiro atoms. The van der Waals surface area contributed by atoms with Gasteiger partial charge in [-0.1, -0.05) is 42.8 Å². The zero-order valence-corrected chi connectivity index (χ0v) is 17.5. The Labute approximate surface area is 180 Å². The zero-order chi connectivity index (χ0) is 21.1. The summed E-state index contributed by atoms with van der Waals surface area (Å²) in [5.74, 6) is 0.748. The SMILES string of the molecule is CCCNC(=O)c1ccc(CN2C(=O)CCn3nc(-c4cccc(Cl)c4)cc32)cc1. The number of rotatable bonds is 6. The second kappa shape index (κ2) is 8.71. The Hall–Kier alpha value is -3.12. The van der Waals surface area contributed by atoms with Crippen molar-refractivity contribution in [1.29, 1.82) is 0 Å². The monoisotopic (exact) mass is 422 g/mol. The van der Waals surface area contributed by atoms with Gasteiger partial charge in [0.25, 0.3) is 5.91 Å². The van der Waals surface area contributed by atoms with Crippen LogP contribution in [0.3, 0.4) is 0 Å². The number of halogens is 1. The van der Waals surface area contributed by atoms with E-state index in [1.54, 1.807) is 17.0 Å². The molecule has 0 saturated carbocycles. The fourth-order valence-corrected chi connectivity index (χ4v) is 3.69. The molecule has 0 bridgehead atoms. The lowest BCUT2D eigenvalue weighted by molar-refractivity contribution is -0.119. The Kier molecular flexibility index (Phi) is 5.86. The molecule has 2 aromatic carbocycles. The van der Waals surface area contributed by atoms with Crippen LogP contribution in [0.15, 0.2) is 54.6 Å². The van der Waals surface area contributed by atoms with Crippen molar-refractivity contribution in [1.82, 2.24) is 15.1 Å². The normalized spacial score (nSPS) is 13.3. The number of anilines is 1. The van der Waals surface area contributed by atoms with E-state index in [0.29, 0.717) is 36.6 Å². The average molecular weight is 423 g/mol. The van der Waals surface area contributed by atoms with E-state index in [4.69, 9.17) is 11.6 Å². The van der Waals surface area contributed by atoms with E-state index in [2.05, 4.69) is 10.4 Å². The third kappa shape index (κ3) is 4.24.